The molecule has 0 spiro atoms. The summed E-state index contributed by atoms with van der Waals surface area (Å²) in [6, 6.07) is 1.19. The van der Waals surface area contributed by atoms with Crippen LogP contribution in [0.25, 0.3) is 0 Å². The normalized spacial score (nSPS) is 26.4. The molecule has 0 saturated heterocycles. The Hall–Kier alpha value is -0.120. The molecule has 0 amide bonds. The Morgan fingerprint density at radius 2 is 2.05 bits per heavy atom. The molecule has 1 saturated carbocycles. The van der Waals surface area contributed by atoms with E-state index in [0.29, 0.717) is 24.1 Å². The van der Waals surface area contributed by atoms with E-state index in [1.165, 1.54) is 25.8 Å². The minimum Gasteiger partial charge on any atom is -0.396 e. The lowest BCUT2D eigenvalue weighted by molar-refractivity contribution is 0.0677. The first-order valence-corrected chi connectivity index (χ1v) is 8.50. The van der Waals surface area contributed by atoms with Gasteiger partial charge in [-0.15, -0.1) is 0 Å². The minimum absolute atomic E-state index is 0.302. The molecule has 0 aromatic rings. The van der Waals surface area contributed by atoms with Crippen LogP contribution >= 0.6 is 0 Å². The summed E-state index contributed by atoms with van der Waals surface area (Å²) in [5.41, 5.74) is 0.401. The van der Waals surface area contributed by atoms with E-state index in [2.05, 4.69) is 44.8 Å². The topological polar surface area (TPSA) is 35.5 Å². The molecule has 0 aliphatic heterocycles. The van der Waals surface area contributed by atoms with Crippen molar-refractivity contribution in [1.82, 2.24) is 10.2 Å². The van der Waals surface area contributed by atoms with Crippen LogP contribution in [0.1, 0.15) is 60.3 Å². The van der Waals surface area contributed by atoms with Crippen LogP contribution in [-0.2, 0) is 0 Å². The Bertz CT molecular complexity index is 266. The van der Waals surface area contributed by atoms with Crippen molar-refractivity contribution in [1.29, 1.82) is 0 Å². The molecule has 1 rings (SSSR count). The van der Waals surface area contributed by atoms with Crippen molar-refractivity contribution in [2.75, 3.05) is 26.2 Å². The third-order valence-corrected chi connectivity index (χ3v) is 4.94. The van der Waals surface area contributed by atoms with Crippen molar-refractivity contribution >= 4 is 0 Å². The third kappa shape index (κ3) is 5.01. The van der Waals surface area contributed by atoms with Gasteiger partial charge in [0.25, 0.3) is 0 Å². The lowest BCUT2D eigenvalue weighted by atomic mass is 9.67. The lowest BCUT2D eigenvalue weighted by Crippen LogP contribution is -2.53. The van der Waals surface area contributed by atoms with E-state index in [9.17, 15) is 0 Å². The Labute approximate surface area is 126 Å². The molecule has 1 aliphatic rings. The van der Waals surface area contributed by atoms with E-state index in [4.69, 9.17) is 5.11 Å². The summed E-state index contributed by atoms with van der Waals surface area (Å²) in [6.07, 6.45) is 4.91. The molecule has 1 fully saturated rings. The van der Waals surface area contributed by atoms with Gasteiger partial charge in [-0.2, -0.15) is 0 Å². The van der Waals surface area contributed by atoms with Gasteiger partial charge in [0.2, 0.25) is 0 Å². The zero-order valence-electron chi connectivity index (χ0n) is 14.3. The molecule has 0 aromatic carbocycles. The van der Waals surface area contributed by atoms with Crippen molar-refractivity contribution in [3.63, 3.8) is 0 Å². The van der Waals surface area contributed by atoms with E-state index in [1.54, 1.807) is 0 Å². The second kappa shape index (κ2) is 8.35. The lowest BCUT2D eigenvalue weighted by Gasteiger charge is -2.46. The standard InChI is InChI=1S/C17H36N2O/c1-6-18-16-15(9-7-10-17(16,4)5)13-19(14(2)3)11-8-12-20/h14-16,18,20H,6-13H2,1-5H3. The van der Waals surface area contributed by atoms with E-state index >= 15 is 0 Å². The van der Waals surface area contributed by atoms with Gasteiger partial charge in [-0.3, -0.25) is 0 Å². The van der Waals surface area contributed by atoms with Crippen molar-refractivity contribution in [2.45, 2.75) is 72.4 Å². The molecule has 2 atom stereocenters. The number of hydrogen-bond acceptors (Lipinski definition) is 3. The highest BCUT2D eigenvalue weighted by Crippen LogP contribution is 2.39. The van der Waals surface area contributed by atoms with Crippen LogP contribution in [0.4, 0.5) is 0 Å². The van der Waals surface area contributed by atoms with Gasteiger partial charge in [0.1, 0.15) is 0 Å². The molecule has 0 heterocycles. The fraction of sp³-hybridized carbons (Fsp3) is 1.00. The fourth-order valence-electron chi connectivity index (χ4n) is 3.77. The van der Waals surface area contributed by atoms with E-state index in [1.807, 2.05) is 0 Å². The van der Waals surface area contributed by atoms with Crippen LogP contribution in [0, 0.1) is 11.3 Å². The molecule has 1 aliphatic carbocycles. The van der Waals surface area contributed by atoms with Crippen molar-refractivity contribution in [2.24, 2.45) is 11.3 Å². The number of nitrogens with one attached hydrogen (secondary N) is 1. The molecular formula is C17H36N2O. The molecular weight excluding hydrogens is 248 g/mol. The average molecular weight is 284 g/mol. The monoisotopic (exact) mass is 284 g/mol. The molecule has 0 radical (unpaired) electrons. The SMILES string of the molecule is CCNC1C(CN(CCCO)C(C)C)CCCC1(C)C. The van der Waals surface area contributed by atoms with Crippen molar-refractivity contribution < 1.29 is 5.11 Å². The summed E-state index contributed by atoms with van der Waals surface area (Å²) in [4.78, 5) is 2.55. The molecule has 3 nitrogen and oxygen atoms in total. The first kappa shape index (κ1) is 17.9. The number of hydrogen-bond donors (Lipinski definition) is 2. The Balaban J connectivity index is 2.69. The van der Waals surface area contributed by atoms with Crippen LogP contribution in [0.3, 0.4) is 0 Å². The summed E-state index contributed by atoms with van der Waals surface area (Å²) >= 11 is 0. The third-order valence-electron chi connectivity index (χ3n) is 4.94. The second-order valence-electron chi connectivity index (χ2n) is 7.34. The zero-order valence-corrected chi connectivity index (χ0v) is 14.3. The van der Waals surface area contributed by atoms with E-state index in [0.717, 1.165) is 25.4 Å². The summed E-state index contributed by atoms with van der Waals surface area (Å²) in [7, 11) is 0. The number of rotatable bonds is 8. The van der Waals surface area contributed by atoms with Gasteiger partial charge in [-0.25, -0.2) is 0 Å². The summed E-state index contributed by atoms with van der Waals surface area (Å²) in [5.74, 6) is 0.736. The summed E-state index contributed by atoms with van der Waals surface area (Å²) in [5, 5.41) is 12.8. The smallest absolute Gasteiger partial charge is 0.0443 e. The maximum Gasteiger partial charge on any atom is 0.0443 e. The predicted molar refractivity (Wildman–Crippen MR) is 87.0 cm³/mol. The molecule has 3 heteroatoms. The maximum absolute atomic E-state index is 9.08. The van der Waals surface area contributed by atoms with Crippen LogP contribution in [0.2, 0.25) is 0 Å². The summed E-state index contributed by atoms with van der Waals surface area (Å²) < 4.78 is 0. The van der Waals surface area contributed by atoms with Crippen LogP contribution in [0.15, 0.2) is 0 Å². The largest absolute Gasteiger partial charge is 0.396 e. The highest BCUT2D eigenvalue weighted by molar-refractivity contribution is 4.94. The summed E-state index contributed by atoms with van der Waals surface area (Å²) in [6.45, 7) is 15.1. The van der Waals surface area contributed by atoms with Crippen LogP contribution in [0.5, 0.6) is 0 Å². The van der Waals surface area contributed by atoms with Gasteiger partial charge in [-0.1, -0.05) is 27.2 Å². The minimum atomic E-state index is 0.302. The number of aliphatic hydroxyl groups excluding tert-OH is 1. The Morgan fingerprint density at radius 3 is 2.60 bits per heavy atom. The zero-order chi connectivity index (χ0) is 15.2. The van der Waals surface area contributed by atoms with Gasteiger partial charge in [0.15, 0.2) is 0 Å². The maximum atomic E-state index is 9.08. The van der Waals surface area contributed by atoms with E-state index < -0.39 is 0 Å². The Morgan fingerprint density at radius 1 is 1.35 bits per heavy atom. The predicted octanol–water partition coefficient (Wildman–Crippen LogP) is 2.88. The fourth-order valence-corrected chi connectivity index (χ4v) is 3.77. The molecule has 2 unspecified atom stereocenters. The van der Waals surface area contributed by atoms with Gasteiger partial charge in [0.05, 0.1) is 0 Å². The quantitative estimate of drug-likeness (QED) is 0.719. The number of nitrogens with zero attached hydrogens (tertiary/aromatic N) is 1. The first-order valence-electron chi connectivity index (χ1n) is 8.50. The van der Waals surface area contributed by atoms with Gasteiger partial charge < -0.3 is 15.3 Å². The molecule has 120 valence electrons. The molecule has 2 N–H and O–H groups in total. The highest BCUT2D eigenvalue weighted by Gasteiger charge is 2.38. The van der Waals surface area contributed by atoms with Crippen LogP contribution < -0.4 is 5.32 Å². The first-order chi connectivity index (χ1) is 9.42. The highest BCUT2D eigenvalue weighted by atomic mass is 16.3. The van der Waals surface area contributed by atoms with E-state index in [-0.39, 0.29) is 0 Å². The van der Waals surface area contributed by atoms with Gasteiger partial charge in [-0.05, 0) is 51.0 Å². The molecule has 0 bridgehead atoms. The molecule has 0 aromatic heterocycles. The van der Waals surface area contributed by atoms with Crippen molar-refractivity contribution in [3.05, 3.63) is 0 Å². The van der Waals surface area contributed by atoms with Crippen molar-refractivity contribution in [3.8, 4) is 0 Å². The van der Waals surface area contributed by atoms with Crippen LogP contribution in [-0.4, -0.2) is 48.3 Å². The van der Waals surface area contributed by atoms with Gasteiger partial charge >= 0.3 is 0 Å². The average Bonchev–Trinajstić information content (AvgIpc) is 2.37. The Kier molecular flexibility index (Phi) is 7.49. The number of aliphatic hydroxyl groups is 1. The second-order valence-corrected chi connectivity index (χ2v) is 7.34. The van der Waals surface area contributed by atoms with Gasteiger partial charge in [0, 0.05) is 31.8 Å². The molecule has 20 heavy (non-hydrogen) atoms.